The van der Waals surface area contributed by atoms with Crippen LogP contribution in [0.25, 0.3) is 0 Å². The first kappa shape index (κ1) is 15.3. The minimum absolute atomic E-state index is 0.0959. The third kappa shape index (κ3) is 3.93. The summed E-state index contributed by atoms with van der Waals surface area (Å²) in [5.74, 6) is 5.17. The molecule has 0 amide bonds. The molecule has 0 spiro atoms. The molecular weight excluding hydrogens is 298 g/mol. The number of hydrogen-bond donors (Lipinski definition) is 2. The summed E-state index contributed by atoms with van der Waals surface area (Å²) in [6.45, 7) is 0. The quantitative estimate of drug-likeness (QED) is 0.652. The van der Waals surface area contributed by atoms with Crippen LogP contribution in [-0.4, -0.2) is 6.04 Å². The second-order valence-electron chi connectivity index (χ2n) is 4.61. The first-order valence-electron chi connectivity index (χ1n) is 6.23. The van der Waals surface area contributed by atoms with Crippen LogP contribution in [0.4, 0.5) is 4.39 Å². The zero-order valence-electron chi connectivity index (χ0n) is 10.7. The molecule has 1 atom stereocenters. The smallest absolute Gasteiger partial charge is 0.145 e. The van der Waals surface area contributed by atoms with Crippen LogP contribution >= 0.6 is 23.2 Å². The zero-order chi connectivity index (χ0) is 14.5. The maximum Gasteiger partial charge on any atom is 0.145 e. The van der Waals surface area contributed by atoms with E-state index in [0.717, 1.165) is 5.56 Å². The van der Waals surface area contributed by atoms with Gasteiger partial charge in [0.05, 0.1) is 5.02 Å². The van der Waals surface area contributed by atoms with Crippen molar-refractivity contribution in [1.82, 2.24) is 5.43 Å². The largest absolute Gasteiger partial charge is 0.271 e. The predicted molar refractivity (Wildman–Crippen MR) is 81.4 cm³/mol. The van der Waals surface area contributed by atoms with Crippen molar-refractivity contribution in [3.63, 3.8) is 0 Å². The number of rotatable bonds is 5. The minimum Gasteiger partial charge on any atom is -0.271 e. The first-order valence-corrected chi connectivity index (χ1v) is 6.99. The molecule has 20 heavy (non-hydrogen) atoms. The van der Waals surface area contributed by atoms with Gasteiger partial charge in [-0.2, -0.15) is 0 Å². The molecule has 106 valence electrons. The van der Waals surface area contributed by atoms with Gasteiger partial charge in [-0.15, -0.1) is 0 Å². The molecule has 3 N–H and O–H groups in total. The van der Waals surface area contributed by atoms with Gasteiger partial charge >= 0.3 is 0 Å². The summed E-state index contributed by atoms with van der Waals surface area (Å²) in [4.78, 5) is 0. The Bertz CT molecular complexity index is 590. The van der Waals surface area contributed by atoms with E-state index in [9.17, 15) is 4.39 Å². The van der Waals surface area contributed by atoms with E-state index < -0.39 is 0 Å². The van der Waals surface area contributed by atoms with E-state index in [0.29, 0.717) is 23.4 Å². The van der Waals surface area contributed by atoms with Gasteiger partial charge in [0.15, 0.2) is 0 Å². The van der Waals surface area contributed by atoms with E-state index in [2.05, 4.69) is 5.43 Å². The molecule has 0 aliphatic heterocycles. The Morgan fingerprint density at radius 2 is 1.85 bits per heavy atom. The number of hydrazine groups is 1. The third-order valence-electron chi connectivity index (χ3n) is 3.10. The number of halogens is 3. The van der Waals surface area contributed by atoms with E-state index in [4.69, 9.17) is 29.0 Å². The molecule has 0 heterocycles. The van der Waals surface area contributed by atoms with Gasteiger partial charge in [-0.05, 0) is 42.2 Å². The number of benzene rings is 2. The highest BCUT2D eigenvalue weighted by molar-refractivity contribution is 6.31. The van der Waals surface area contributed by atoms with Crippen molar-refractivity contribution in [2.24, 2.45) is 5.84 Å². The van der Waals surface area contributed by atoms with E-state index in [-0.39, 0.29) is 16.9 Å². The van der Waals surface area contributed by atoms with Crippen LogP contribution in [0.15, 0.2) is 42.5 Å². The summed E-state index contributed by atoms with van der Waals surface area (Å²) in [6, 6.07) is 12.4. The van der Waals surface area contributed by atoms with E-state index >= 15 is 0 Å². The van der Waals surface area contributed by atoms with E-state index in [1.807, 2.05) is 24.3 Å². The standard InChI is InChI=1S/C15H15Cl2FN2/c16-12-5-1-3-10(7-12)8-13(20-19)9-11-4-2-6-14(17)15(11)18/h1-7,13,20H,8-9,19H2. The summed E-state index contributed by atoms with van der Waals surface area (Å²) in [5, 5.41) is 0.799. The second-order valence-corrected chi connectivity index (χ2v) is 5.46. The Kier molecular flexibility index (Phi) is 5.38. The lowest BCUT2D eigenvalue weighted by Gasteiger charge is -2.17. The highest BCUT2D eigenvalue weighted by Gasteiger charge is 2.13. The highest BCUT2D eigenvalue weighted by atomic mass is 35.5. The fourth-order valence-corrected chi connectivity index (χ4v) is 2.52. The summed E-state index contributed by atoms with van der Waals surface area (Å²) in [7, 11) is 0. The third-order valence-corrected chi connectivity index (χ3v) is 3.63. The Hall–Kier alpha value is -1.13. The van der Waals surface area contributed by atoms with E-state index in [1.54, 1.807) is 12.1 Å². The maximum atomic E-state index is 13.9. The van der Waals surface area contributed by atoms with Crippen LogP contribution in [0.2, 0.25) is 10.0 Å². The number of nitrogens with one attached hydrogen (secondary N) is 1. The monoisotopic (exact) mass is 312 g/mol. The van der Waals surface area contributed by atoms with Gasteiger partial charge in [-0.25, -0.2) is 4.39 Å². The molecule has 1 unspecified atom stereocenters. The molecule has 0 radical (unpaired) electrons. The van der Waals surface area contributed by atoms with Crippen LogP contribution in [0.3, 0.4) is 0 Å². The number of hydrogen-bond acceptors (Lipinski definition) is 2. The van der Waals surface area contributed by atoms with Gasteiger partial charge in [-0.3, -0.25) is 11.3 Å². The van der Waals surface area contributed by atoms with Gasteiger partial charge in [0.25, 0.3) is 0 Å². The topological polar surface area (TPSA) is 38.0 Å². The summed E-state index contributed by atoms with van der Waals surface area (Å²) in [5.41, 5.74) is 4.30. The molecule has 2 rings (SSSR count). The fourth-order valence-electron chi connectivity index (χ4n) is 2.11. The molecule has 2 aromatic rings. The molecule has 0 fully saturated rings. The lowest BCUT2D eigenvalue weighted by Crippen LogP contribution is -2.38. The molecule has 0 bridgehead atoms. The SMILES string of the molecule is NNC(Cc1cccc(Cl)c1)Cc1cccc(Cl)c1F. The van der Waals surface area contributed by atoms with Crippen LogP contribution in [0.1, 0.15) is 11.1 Å². The second kappa shape index (κ2) is 7.04. The van der Waals surface area contributed by atoms with Gasteiger partial charge < -0.3 is 0 Å². The molecule has 2 aromatic carbocycles. The molecule has 5 heteroatoms. The zero-order valence-corrected chi connectivity index (χ0v) is 12.3. The average molecular weight is 313 g/mol. The molecule has 0 saturated heterocycles. The van der Waals surface area contributed by atoms with Crippen molar-refractivity contribution in [1.29, 1.82) is 0 Å². The summed E-state index contributed by atoms with van der Waals surface area (Å²) < 4.78 is 13.9. The van der Waals surface area contributed by atoms with E-state index in [1.165, 1.54) is 6.07 Å². The van der Waals surface area contributed by atoms with Gasteiger partial charge in [0, 0.05) is 11.1 Å². The molecule has 2 nitrogen and oxygen atoms in total. The lowest BCUT2D eigenvalue weighted by molar-refractivity contribution is 0.506. The predicted octanol–water partition coefficient (Wildman–Crippen LogP) is 3.75. The Morgan fingerprint density at radius 3 is 2.55 bits per heavy atom. The van der Waals surface area contributed by atoms with Crippen molar-refractivity contribution in [3.05, 3.63) is 69.5 Å². The van der Waals surface area contributed by atoms with Crippen molar-refractivity contribution in [2.75, 3.05) is 0 Å². The average Bonchev–Trinajstić information content (AvgIpc) is 2.43. The normalized spacial score (nSPS) is 12.4. The van der Waals surface area contributed by atoms with Crippen molar-refractivity contribution in [3.8, 4) is 0 Å². The number of nitrogens with two attached hydrogens (primary N) is 1. The molecule has 0 aliphatic carbocycles. The first-order chi connectivity index (χ1) is 9.60. The lowest BCUT2D eigenvalue weighted by atomic mass is 9.99. The molecule has 0 aromatic heterocycles. The van der Waals surface area contributed by atoms with Crippen LogP contribution in [0, 0.1) is 5.82 Å². The van der Waals surface area contributed by atoms with Crippen LogP contribution < -0.4 is 11.3 Å². The van der Waals surface area contributed by atoms with Crippen molar-refractivity contribution in [2.45, 2.75) is 18.9 Å². The van der Waals surface area contributed by atoms with Gasteiger partial charge in [0.2, 0.25) is 0 Å². The van der Waals surface area contributed by atoms with Gasteiger partial charge in [0.1, 0.15) is 5.82 Å². The fraction of sp³-hybridized carbons (Fsp3) is 0.200. The van der Waals surface area contributed by atoms with Crippen molar-refractivity contribution < 1.29 is 4.39 Å². The molecule has 0 saturated carbocycles. The Labute approximate surface area is 127 Å². The van der Waals surface area contributed by atoms with Crippen LogP contribution in [0.5, 0.6) is 0 Å². The molecular formula is C15H15Cl2FN2. The van der Waals surface area contributed by atoms with Crippen molar-refractivity contribution >= 4 is 23.2 Å². The minimum atomic E-state index is -0.388. The Balaban J connectivity index is 2.11. The summed E-state index contributed by atoms with van der Waals surface area (Å²) in [6.07, 6.45) is 1.11. The highest BCUT2D eigenvalue weighted by Crippen LogP contribution is 2.20. The summed E-state index contributed by atoms with van der Waals surface area (Å²) >= 11 is 11.7. The van der Waals surface area contributed by atoms with Crippen LogP contribution in [-0.2, 0) is 12.8 Å². The maximum absolute atomic E-state index is 13.9. The molecule has 0 aliphatic rings. The Morgan fingerprint density at radius 1 is 1.10 bits per heavy atom. The van der Waals surface area contributed by atoms with Gasteiger partial charge in [-0.1, -0.05) is 47.5 Å².